The quantitative estimate of drug-likeness (QED) is 0.120. The molecule has 1 aliphatic heterocycles. The lowest BCUT2D eigenvalue weighted by Gasteiger charge is -2.43. The molecular formula is C34H30O14. The predicted octanol–water partition coefficient (Wildman–Crippen LogP) is 3.89. The average Bonchev–Trinajstić information content (AvgIpc) is 3.01. The molecule has 0 spiro atoms. The first kappa shape index (κ1) is 33.3. The molecule has 14 heteroatoms. The minimum atomic E-state index is -1.67. The van der Waals surface area contributed by atoms with Crippen molar-refractivity contribution in [3.63, 3.8) is 0 Å². The van der Waals surface area contributed by atoms with Gasteiger partial charge in [0.2, 0.25) is 23.6 Å². The van der Waals surface area contributed by atoms with E-state index in [1.807, 2.05) is 0 Å². The highest BCUT2D eigenvalue weighted by molar-refractivity contribution is 5.88. The van der Waals surface area contributed by atoms with Crippen LogP contribution >= 0.6 is 0 Å². The van der Waals surface area contributed by atoms with Crippen molar-refractivity contribution in [3.05, 3.63) is 82.5 Å². The Morgan fingerprint density at radius 3 is 2.00 bits per heavy atom. The van der Waals surface area contributed by atoms with Gasteiger partial charge in [-0.2, -0.15) is 0 Å². The highest BCUT2D eigenvalue weighted by Gasteiger charge is 2.52. The van der Waals surface area contributed by atoms with E-state index in [-0.39, 0.29) is 33.8 Å². The molecule has 250 valence electrons. The van der Waals surface area contributed by atoms with Gasteiger partial charge in [0.25, 0.3) is 0 Å². The molecule has 1 saturated heterocycles. The number of ether oxygens (including phenoxy) is 5. The summed E-state index contributed by atoms with van der Waals surface area (Å²) in [4.78, 5) is 51.3. The maximum atomic E-state index is 13.9. The third-order valence-corrected chi connectivity index (χ3v) is 7.17. The van der Waals surface area contributed by atoms with Crippen LogP contribution in [-0.2, 0) is 33.3 Å². The van der Waals surface area contributed by atoms with Crippen molar-refractivity contribution in [1.82, 2.24) is 0 Å². The van der Waals surface area contributed by atoms with Crippen LogP contribution in [0.4, 0.5) is 0 Å². The molecule has 0 amide bonds. The molecule has 3 aromatic carbocycles. The van der Waals surface area contributed by atoms with Gasteiger partial charge in [0.05, 0.1) is 6.10 Å². The molecule has 1 aromatic heterocycles. The number of carbonyl (C=O) groups excluding carboxylic acids is 3. The summed E-state index contributed by atoms with van der Waals surface area (Å²) in [5, 5.41) is 39.5. The smallest absolute Gasteiger partial charge is 0.331 e. The molecular weight excluding hydrogens is 632 g/mol. The highest BCUT2D eigenvalue weighted by atomic mass is 16.7. The minimum absolute atomic E-state index is 0.0353. The number of aromatic hydroxyl groups is 4. The van der Waals surface area contributed by atoms with Gasteiger partial charge in [0, 0.05) is 37.6 Å². The molecule has 5 unspecified atom stereocenters. The van der Waals surface area contributed by atoms with Crippen molar-refractivity contribution in [2.45, 2.75) is 51.5 Å². The van der Waals surface area contributed by atoms with Crippen LogP contribution in [0.2, 0.25) is 0 Å². The number of phenols is 4. The van der Waals surface area contributed by atoms with Gasteiger partial charge in [-0.15, -0.1) is 0 Å². The van der Waals surface area contributed by atoms with Crippen LogP contribution in [0.3, 0.4) is 0 Å². The minimum Gasteiger partial charge on any atom is -0.508 e. The summed E-state index contributed by atoms with van der Waals surface area (Å²) in [6, 6.07) is 13.5. The van der Waals surface area contributed by atoms with Crippen molar-refractivity contribution in [3.8, 4) is 40.1 Å². The molecule has 14 nitrogen and oxygen atoms in total. The zero-order valence-corrected chi connectivity index (χ0v) is 25.7. The average molecular weight is 663 g/mol. The molecule has 1 aliphatic rings. The standard InChI is InChI=1S/C34H30O14/c1-16-29(47-26(41)13-6-19-4-9-21(37)10-5-19)32(44-17(2)35)33(45-18(3)36)34(43-16)48-31-28(42)27-24(40)14-23(39)15-25(27)46-30(31)20-7-11-22(38)12-8-20/h4-16,29,32-34,37-40H,1-3H3. The van der Waals surface area contributed by atoms with Crippen LogP contribution in [-0.4, -0.2) is 69.0 Å². The van der Waals surface area contributed by atoms with Crippen molar-refractivity contribution in [1.29, 1.82) is 0 Å². The third kappa shape index (κ3) is 7.34. The summed E-state index contributed by atoms with van der Waals surface area (Å²) >= 11 is 0. The van der Waals surface area contributed by atoms with Crippen LogP contribution in [0.15, 0.2) is 76.0 Å². The van der Waals surface area contributed by atoms with E-state index in [4.69, 9.17) is 28.1 Å². The van der Waals surface area contributed by atoms with Crippen LogP contribution in [0.5, 0.6) is 28.7 Å². The van der Waals surface area contributed by atoms with E-state index in [1.54, 1.807) is 12.1 Å². The lowest BCUT2D eigenvalue weighted by molar-refractivity contribution is -0.280. The number of rotatable bonds is 8. The Labute approximate surface area is 271 Å². The summed E-state index contributed by atoms with van der Waals surface area (Å²) in [6.07, 6.45) is -4.70. The van der Waals surface area contributed by atoms with Gasteiger partial charge in [0.15, 0.2) is 18.0 Å². The number of hydrogen-bond acceptors (Lipinski definition) is 14. The molecule has 5 atom stereocenters. The van der Waals surface area contributed by atoms with Gasteiger partial charge in [-0.1, -0.05) is 12.1 Å². The second kappa shape index (κ2) is 13.8. The first-order chi connectivity index (χ1) is 22.8. The summed E-state index contributed by atoms with van der Waals surface area (Å²) in [5.74, 6) is -4.38. The topological polar surface area (TPSA) is 208 Å². The van der Waals surface area contributed by atoms with E-state index in [9.17, 15) is 39.6 Å². The summed E-state index contributed by atoms with van der Waals surface area (Å²) in [5.41, 5.74) is -0.319. The van der Waals surface area contributed by atoms with Crippen LogP contribution in [0.1, 0.15) is 26.3 Å². The largest absolute Gasteiger partial charge is 0.508 e. The zero-order chi connectivity index (χ0) is 34.7. The predicted molar refractivity (Wildman–Crippen MR) is 166 cm³/mol. The summed E-state index contributed by atoms with van der Waals surface area (Å²) < 4.78 is 34.5. The fraction of sp³-hybridized carbons (Fsp3) is 0.235. The SMILES string of the molecule is CC(=O)OC1C(Oc2c(-c3ccc(O)cc3)oc3cc(O)cc(O)c3c2=O)OC(C)C(OC(=O)C=Cc2ccc(O)cc2)C1OC(C)=O. The first-order valence-corrected chi connectivity index (χ1v) is 14.5. The Hall–Kier alpha value is -6.02. The monoisotopic (exact) mass is 662 g/mol. The molecule has 48 heavy (non-hydrogen) atoms. The Kier molecular flexibility index (Phi) is 9.56. The number of esters is 3. The molecule has 5 rings (SSSR count). The van der Waals surface area contributed by atoms with Gasteiger partial charge in [-0.05, 0) is 55.0 Å². The van der Waals surface area contributed by atoms with Crippen molar-refractivity contribution < 1.29 is 62.9 Å². The fourth-order valence-corrected chi connectivity index (χ4v) is 5.09. The Morgan fingerprint density at radius 1 is 0.771 bits per heavy atom. The molecule has 1 fully saturated rings. The van der Waals surface area contributed by atoms with Gasteiger partial charge in [-0.25, -0.2) is 4.79 Å². The molecule has 0 saturated carbocycles. The van der Waals surface area contributed by atoms with Gasteiger partial charge in [-0.3, -0.25) is 14.4 Å². The molecule has 0 radical (unpaired) electrons. The van der Waals surface area contributed by atoms with E-state index >= 15 is 0 Å². The second-order valence-electron chi connectivity index (χ2n) is 10.8. The molecule has 0 bridgehead atoms. The maximum Gasteiger partial charge on any atom is 0.331 e. The van der Waals surface area contributed by atoms with E-state index < -0.39 is 71.3 Å². The van der Waals surface area contributed by atoms with Crippen LogP contribution in [0, 0.1) is 0 Å². The van der Waals surface area contributed by atoms with Crippen molar-refractivity contribution >= 4 is 35.0 Å². The lowest BCUT2D eigenvalue weighted by atomic mass is 9.98. The molecule has 2 heterocycles. The van der Waals surface area contributed by atoms with Gasteiger partial charge < -0.3 is 48.5 Å². The maximum absolute atomic E-state index is 13.9. The zero-order valence-electron chi connectivity index (χ0n) is 25.7. The molecule has 4 N–H and O–H groups in total. The Bertz CT molecular complexity index is 1930. The van der Waals surface area contributed by atoms with Crippen molar-refractivity contribution in [2.24, 2.45) is 0 Å². The number of phenolic OH excluding ortho intramolecular Hbond substituents is 4. The van der Waals surface area contributed by atoms with E-state index in [2.05, 4.69) is 0 Å². The normalized spacial score (nSPS) is 20.7. The van der Waals surface area contributed by atoms with E-state index in [1.165, 1.54) is 49.4 Å². The number of hydrogen-bond donors (Lipinski definition) is 4. The second-order valence-corrected chi connectivity index (χ2v) is 10.8. The van der Waals surface area contributed by atoms with Crippen LogP contribution in [0.25, 0.3) is 28.4 Å². The third-order valence-electron chi connectivity index (χ3n) is 7.17. The number of fused-ring (bicyclic) bond motifs is 1. The van der Waals surface area contributed by atoms with Crippen LogP contribution < -0.4 is 10.2 Å². The summed E-state index contributed by atoms with van der Waals surface area (Å²) in [7, 11) is 0. The lowest BCUT2D eigenvalue weighted by Crippen LogP contribution is -2.62. The fourth-order valence-electron chi connectivity index (χ4n) is 5.09. The molecule has 0 aliphatic carbocycles. The van der Waals surface area contributed by atoms with Gasteiger partial charge >= 0.3 is 17.9 Å². The first-order valence-electron chi connectivity index (χ1n) is 14.5. The Balaban J connectivity index is 1.55. The van der Waals surface area contributed by atoms with E-state index in [0.29, 0.717) is 5.56 Å². The molecule has 4 aromatic rings. The Morgan fingerprint density at radius 2 is 1.38 bits per heavy atom. The number of benzene rings is 3. The van der Waals surface area contributed by atoms with E-state index in [0.717, 1.165) is 32.1 Å². The summed E-state index contributed by atoms with van der Waals surface area (Å²) in [6.45, 7) is 3.62. The van der Waals surface area contributed by atoms with Gasteiger partial charge in [0.1, 0.15) is 34.0 Å². The highest BCUT2D eigenvalue weighted by Crippen LogP contribution is 2.38. The number of carbonyl (C=O) groups is 3. The van der Waals surface area contributed by atoms with Crippen molar-refractivity contribution in [2.75, 3.05) is 0 Å².